The summed E-state index contributed by atoms with van der Waals surface area (Å²) in [5, 5.41) is 8.08. The minimum Gasteiger partial charge on any atom is -0.355 e. The second-order valence-electron chi connectivity index (χ2n) is 7.29. The van der Waals surface area contributed by atoms with Gasteiger partial charge in [0, 0.05) is 19.6 Å². The second-order valence-corrected chi connectivity index (χ2v) is 7.29. The Morgan fingerprint density at radius 3 is 3.00 bits per heavy atom. The number of carbonyl (C=O) groups is 1. The first-order valence-electron chi connectivity index (χ1n) is 9.83. The van der Waals surface area contributed by atoms with E-state index in [-0.39, 0.29) is 11.8 Å². The van der Waals surface area contributed by atoms with Gasteiger partial charge in [0.2, 0.25) is 5.91 Å². The van der Waals surface area contributed by atoms with Crippen molar-refractivity contribution < 1.29 is 9.32 Å². The van der Waals surface area contributed by atoms with E-state index in [0.717, 1.165) is 48.3 Å². The molecule has 3 aromatic rings. The molecule has 1 N–H and O–H groups in total. The number of fused-ring (bicyclic) bond motifs is 1. The number of aryl methyl sites for hydroxylation is 2. The van der Waals surface area contributed by atoms with Gasteiger partial charge in [-0.25, -0.2) is 4.98 Å². The largest absolute Gasteiger partial charge is 0.355 e. The van der Waals surface area contributed by atoms with Crippen molar-refractivity contribution in [3.8, 4) is 0 Å². The highest BCUT2D eigenvalue weighted by Crippen LogP contribution is 2.30. The van der Waals surface area contributed by atoms with Crippen LogP contribution in [0.2, 0.25) is 0 Å². The van der Waals surface area contributed by atoms with Crippen LogP contribution in [0.15, 0.2) is 35.1 Å². The molecule has 0 aliphatic carbocycles. The molecular weight excluding hydrogens is 354 g/mol. The lowest BCUT2D eigenvalue weighted by molar-refractivity contribution is -0.125. The van der Waals surface area contributed by atoms with E-state index >= 15 is 0 Å². The predicted octanol–water partition coefficient (Wildman–Crippen LogP) is 3.02. The highest BCUT2D eigenvalue weighted by atomic mass is 16.5. The van der Waals surface area contributed by atoms with E-state index in [1.54, 1.807) is 0 Å². The standard InChI is InChI=1S/C21H25N5O2/c1-3-17-18-19(23-13-24-21(18)28-25-17)26-10-6-9-16(12-26)20(27)22-11-15-8-5-4-7-14(15)2/h4-5,7-8,13,16H,3,6,9-12H2,1-2H3,(H,22,27). The van der Waals surface area contributed by atoms with Crippen LogP contribution in [0.25, 0.3) is 11.1 Å². The Morgan fingerprint density at radius 1 is 1.32 bits per heavy atom. The van der Waals surface area contributed by atoms with Crippen molar-refractivity contribution in [2.75, 3.05) is 18.0 Å². The minimum atomic E-state index is -0.0623. The van der Waals surface area contributed by atoms with Gasteiger partial charge in [-0.1, -0.05) is 36.3 Å². The Bertz CT molecular complexity index is 984. The Morgan fingerprint density at radius 2 is 2.18 bits per heavy atom. The lowest BCUT2D eigenvalue weighted by Gasteiger charge is -2.33. The summed E-state index contributed by atoms with van der Waals surface area (Å²) in [6.07, 6.45) is 4.08. The zero-order valence-corrected chi connectivity index (χ0v) is 16.3. The molecule has 146 valence electrons. The molecule has 1 atom stereocenters. The summed E-state index contributed by atoms with van der Waals surface area (Å²) in [4.78, 5) is 23.6. The normalized spacial score (nSPS) is 17.1. The highest BCUT2D eigenvalue weighted by molar-refractivity contribution is 5.88. The summed E-state index contributed by atoms with van der Waals surface area (Å²) in [6, 6.07) is 8.13. The van der Waals surface area contributed by atoms with Crippen molar-refractivity contribution in [1.82, 2.24) is 20.4 Å². The monoisotopic (exact) mass is 379 g/mol. The van der Waals surface area contributed by atoms with Crippen molar-refractivity contribution in [3.05, 3.63) is 47.4 Å². The SMILES string of the molecule is CCc1noc2ncnc(N3CCCC(C(=O)NCc4ccccc4C)C3)c12. The highest BCUT2D eigenvalue weighted by Gasteiger charge is 2.28. The van der Waals surface area contributed by atoms with Gasteiger partial charge in [-0.3, -0.25) is 4.79 Å². The maximum Gasteiger partial charge on any atom is 0.263 e. The zero-order chi connectivity index (χ0) is 19.5. The molecule has 0 bridgehead atoms. The first kappa shape index (κ1) is 18.4. The number of nitrogens with zero attached hydrogens (tertiary/aromatic N) is 4. The maximum absolute atomic E-state index is 12.8. The number of nitrogens with one attached hydrogen (secondary N) is 1. The molecule has 1 fully saturated rings. The Balaban J connectivity index is 1.48. The van der Waals surface area contributed by atoms with Crippen molar-refractivity contribution in [2.24, 2.45) is 5.92 Å². The van der Waals surface area contributed by atoms with Crippen molar-refractivity contribution in [3.63, 3.8) is 0 Å². The molecule has 7 nitrogen and oxygen atoms in total. The number of rotatable bonds is 5. The van der Waals surface area contributed by atoms with Crippen LogP contribution in [0, 0.1) is 12.8 Å². The van der Waals surface area contributed by atoms with Gasteiger partial charge in [0.25, 0.3) is 5.71 Å². The van der Waals surface area contributed by atoms with E-state index in [1.807, 2.05) is 19.1 Å². The van der Waals surface area contributed by atoms with Crippen LogP contribution in [0.4, 0.5) is 5.82 Å². The smallest absolute Gasteiger partial charge is 0.263 e. The summed E-state index contributed by atoms with van der Waals surface area (Å²) in [5.74, 6) is 0.853. The zero-order valence-electron chi connectivity index (χ0n) is 16.3. The van der Waals surface area contributed by atoms with Crippen LogP contribution in [0.3, 0.4) is 0 Å². The fourth-order valence-corrected chi connectivity index (χ4v) is 3.83. The number of amides is 1. The summed E-state index contributed by atoms with van der Waals surface area (Å²) in [6.45, 7) is 6.16. The number of carbonyl (C=O) groups excluding carboxylic acids is 1. The third-order valence-corrected chi connectivity index (χ3v) is 5.46. The molecule has 4 rings (SSSR count). The molecule has 1 aromatic carbocycles. The van der Waals surface area contributed by atoms with Gasteiger partial charge in [0.1, 0.15) is 17.5 Å². The summed E-state index contributed by atoms with van der Waals surface area (Å²) >= 11 is 0. The molecular formula is C21H25N5O2. The van der Waals surface area contributed by atoms with E-state index in [4.69, 9.17) is 4.52 Å². The molecule has 1 unspecified atom stereocenters. The topological polar surface area (TPSA) is 84.2 Å². The van der Waals surface area contributed by atoms with Gasteiger partial charge in [0.05, 0.1) is 11.6 Å². The molecule has 0 spiro atoms. The van der Waals surface area contributed by atoms with Crippen LogP contribution in [0.1, 0.15) is 36.6 Å². The maximum atomic E-state index is 12.8. The summed E-state index contributed by atoms with van der Waals surface area (Å²) in [5.41, 5.74) is 3.71. The summed E-state index contributed by atoms with van der Waals surface area (Å²) < 4.78 is 5.34. The Hall–Kier alpha value is -2.96. The average Bonchev–Trinajstić information content (AvgIpc) is 3.16. The van der Waals surface area contributed by atoms with Gasteiger partial charge < -0.3 is 14.7 Å². The van der Waals surface area contributed by atoms with Crippen molar-refractivity contribution in [2.45, 2.75) is 39.7 Å². The van der Waals surface area contributed by atoms with Crippen LogP contribution in [-0.2, 0) is 17.8 Å². The number of aromatic nitrogens is 3. The molecule has 1 aliphatic rings. The fraction of sp³-hybridized carbons (Fsp3) is 0.429. The van der Waals surface area contributed by atoms with E-state index in [0.29, 0.717) is 18.8 Å². The molecule has 1 amide bonds. The second kappa shape index (κ2) is 7.96. The van der Waals surface area contributed by atoms with Gasteiger partial charge in [-0.05, 0) is 37.3 Å². The Labute approximate surface area is 164 Å². The number of piperidine rings is 1. The third kappa shape index (κ3) is 3.56. The summed E-state index contributed by atoms with van der Waals surface area (Å²) in [7, 11) is 0. The lowest BCUT2D eigenvalue weighted by Crippen LogP contribution is -2.43. The first-order chi connectivity index (χ1) is 13.7. The van der Waals surface area contributed by atoms with Crippen molar-refractivity contribution >= 4 is 22.8 Å². The van der Waals surface area contributed by atoms with E-state index in [2.05, 4.69) is 44.4 Å². The Kier molecular flexibility index (Phi) is 5.23. The number of benzene rings is 1. The van der Waals surface area contributed by atoms with E-state index in [9.17, 15) is 4.79 Å². The number of hydrogen-bond acceptors (Lipinski definition) is 6. The van der Waals surface area contributed by atoms with E-state index in [1.165, 1.54) is 11.9 Å². The van der Waals surface area contributed by atoms with Crippen molar-refractivity contribution in [1.29, 1.82) is 0 Å². The molecule has 3 heterocycles. The molecule has 0 saturated carbocycles. The molecule has 0 radical (unpaired) electrons. The fourth-order valence-electron chi connectivity index (χ4n) is 3.83. The minimum absolute atomic E-state index is 0.0623. The first-order valence-corrected chi connectivity index (χ1v) is 9.83. The number of anilines is 1. The molecule has 28 heavy (non-hydrogen) atoms. The van der Waals surface area contributed by atoms with Gasteiger partial charge in [0.15, 0.2) is 0 Å². The number of hydrogen-bond donors (Lipinski definition) is 1. The van der Waals surface area contributed by atoms with Crippen LogP contribution in [0.5, 0.6) is 0 Å². The van der Waals surface area contributed by atoms with E-state index < -0.39 is 0 Å². The molecule has 1 saturated heterocycles. The quantitative estimate of drug-likeness (QED) is 0.734. The van der Waals surface area contributed by atoms with Gasteiger partial charge in [-0.15, -0.1) is 0 Å². The van der Waals surface area contributed by atoms with Crippen LogP contribution in [-0.4, -0.2) is 34.1 Å². The molecule has 7 heteroatoms. The van der Waals surface area contributed by atoms with Gasteiger partial charge >= 0.3 is 0 Å². The molecule has 1 aliphatic heterocycles. The molecule has 2 aromatic heterocycles. The van der Waals surface area contributed by atoms with Crippen LogP contribution >= 0.6 is 0 Å². The third-order valence-electron chi connectivity index (χ3n) is 5.46. The lowest BCUT2D eigenvalue weighted by atomic mass is 9.96. The average molecular weight is 379 g/mol. The van der Waals surface area contributed by atoms with Crippen LogP contribution < -0.4 is 10.2 Å². The predicted molar refractivity (Wildman–Crippen MR) is 107 cm³/mol. The van der Waals surface area contributed by atoms with Gasteiger partial charge in [-0.2, -0.15) is 4.98 Å².